The molecule has 0 aliphatic rings. The quantitative estimate of drug-likeness (QED) is 0.277. The Kier molecular flexibility index (Phi) is 4.70. The molecule has 5 aromatic carbocycles. The fourth-order valence-electron chi connectivity index (χ4n) is 4.81. The Morgan fingerprint density at radius 1 is 0.545 bits per heavy atom. The molecule has 0 saturated heterocycles. The molecule has 0 unspecified atom stereocenters. The zero-order chi connectivity index (χ0) is 22.2. The van der Waals surface area contributed by atoms with Crippen molar-refractivity contribution in [3.8, 4) is 16.8 Å². The van der Waals surface area contributed by atoms with E-state index in [1.54, 1.807) is 0 Å². The van der Waals surface area contributed by atoms with Crippen LogP contribution in [0.3, 0.4) is 0 Å². The van der Waals surface area contributed by atoms with E-state index in [9.17, 15) is 0 Å². The van der Waals surface area contributed by atoms with Crippen molar-refractivity contribution >= 4 is 33.2 Å². The highest BCUT2D eigenvalue weighted by Crippen LogP contribution is 2.36. The molecule has 0 spiro atoms. The number of para-hydroxylation sites is 3. The zero-order valence-electron chi connectivity index (χ0n) is 18.5. The Morgan fingerprint density at radius 3 is 1.88 bits per heavy atom. The highest BCUT2D eigenvalue weighted by molar-refractivity contribution is 6.09. The lowest BCUT2D eigenvalue weighted by Crippen LogP contribution is -2.11. The Hall–Kier alpha value is -4.30. The van der Waals surface area contributed by atoms with Crippen LogP contribution in [-0.2, 0) is 0 Å². The topological polar surface area (TPSA) is 8.17 Å². The van der Waals surface area contributed by atoms with Gasteiger partial charge in [0.05, 0.1) is 11.0 Å². The molecule has 0 aliphatic carbocycles. The summed E-state index contributed by atoms with van der Waals surface area (Å²) in [6, 6.07) is 45.3. The number of benzene rings is 5. The van der Waals surface area contributed by atoms with Crippen LogP contribution in [0, 0.1) is 0 Å². The first kappa shape index (κ1) is 19.4. The van der Waals surface area contributed by atoms with Crippen molar-refractivity contribution in [1.29, 1.82) is 0 Å². The Bertz CT molecular complexity index is 1520. The number of hydrogen-bond donors (Lipinski definition) is 0. The lowest BCUT2D eigenvalue weighted by Gasteiger charge is -2.24. The summed E-state index contributed by atoms with van der Waals surface area (Å²) in [5.41, 5.74) is 8.39. The van der Waals surface area contributed by atoms with Crippen LogP contribution in [0.15, 0.2) is 127 Å². The highest BCUT2D eigenvalue weighted by Gasteiger charge is 2.14. The average Bonchev–Trinajstić information content (AvgIpc) is 3.23. The van der Waals surface area contributed by atoms with Crippen molar-refractivity contribution in [2.75, 3.05) is 11.9 Å². The second-order valence-corrected chi connectivity index (χ2v) is 8.33. The van der Waals surface area contributed by atoms with Crippen LogP contribution in [0.1, 0.15) is 0 Å². The monoisotopic (exact) mass is 424 g/mol. The third-order valence-electron chi connectivity index (χ3n) is 6.41. The second kappa shape index (κ2) is 7.99. The minimum atomic E-state index is 1.15. The normalized spacial score (nSPS) is 11.2. The largest absolute Gasteiger partial charge is 0.344 e. The van der Waals surface area contributed by atoms with Gasteiger partial charge in [-0.05, 0) is 42.0 Å². The molecule has 0 aliphatic heterocycles. The molecule has 0 N–H and O–H groups in total. The van der Waals surface area contributed by atoms with Gasteiger partial charge in [0.25, 0.3) is 0 Å². The summed E-state index contributed by atoms with van der Waals surface area (Å²) in [6.07, 6.45) is 0. The molecule has 6 aromatic rings. The second-order valence-electron chi connectivity index (χ2n) is 8.33. The van der Waals surface area contributed by atoms with E-state index >= 15 is 0 Å². The van der Waals surface area contributed by atoms with Crippen molar-refractivity contribution < 1.29 is 0 Å². The molecule has 0 amide bonds. The minimum absolute atomic E-state index is 1.15. The molecule has 6 rings (SSSR count). The summed E-state index contributed by atoms with van der Waals surface area (Å²) in [5.74, 6) is 0. The van der Waals surface area contributed by atoms with Crippen LogP contribution >= 0.6 is 0 Å². The van der Waals surface area contributed by atoms with Crippen molar-refractivity contribution in [3.05, 3.63) is 127 Å². The van der Waals surface area contributed by atoms with Crippen molar-refractivity contribution in [1.82, 2.24) is 4.57 Å². The van der Waals surface area contributed by atoms with Gasteiger partial charge in [0.2, 0.25) is 0 Å². The average molecular weight is 425 g/mol. The van der Waals surface area contributed by atoms with E-state index in [1.807, 2.05) is 0 Å². The fourth-order valence-corrected chi connectivity index (χ4v) is 4.81. The molecule has 0 atom stereocenters. The molecular weight excluding hydrogens is 400 g/mol. The standard InChI is InChI=1S/C31H24N2/c1-32(29-19-8-5-16-26(29)23-12-3-2-4-13-23)24-14-11-15-25(22-24)33-30-20-9-6-17-27(30)28-18-7-10-21-31(28)33/h2-22H,1H3. The van der Waals surface area contributed by atoms with Gasteiger partial charge < -0.3 is 9.47 Å². The number of fused-ring (bicyclic) bond motifs is 3. The zero-order valence-corrected chi connectivity index (χ0v) is 18.5. The molecule has 0 saturated carbocycles. The van der Waals surface area contributed by atoms with Crippen LogP contribution in [0.4, 0.5) is 11.4 Å². The van der Waals surface area contributed by atoms with Crippen molar-refractivity contribution in [2.24, 2.45) is 0 Å². The van der Waals surface area contributed by atoms with Gasteiger partial charge in [-0.1, -0.05) is 91.0 Å². The smallest absolute Gasteiger partial charge is 0.0541 e. The summed E-state index contributed by atoms with van der Waals surface area (Å²) in [6.45, 7) is 0. The maximum atomic E-state index is 2.37. The summed E-state index contributed by atoms with van der Waals surface area (Å²) in [7, 11) is 2.15. The van der Waals surface area contributed by atoms with E-state index in [4.69, 9.17) is 0 Å². The van der Waals surface area contributed by atoms with Gasteiger partial charge in [-0.3, -0.25) is 0 Å². The molecule has 0 bridgehead atoms. The number of anilines is 2. The third kappa shape index (κ3) is 3.28. The van der Waals surface area contributed by atoms with E-state index in [0.29, 0.717) is 0 Å². The van der Waals surface area contributed by atoms with Gasteiger partial charge in [-0.2, -0.15) is 0 Å². The summed E-state index contributed by atoms with van der Waals surface area (Å²) >= 11 is 0. The predicted molar refractivity (Wildman–Crippen MR) is 141 cm³/mol. The number of nitrogens with zero attached hydrogens (tertiary/aromatic N) is 2. The van der Waals surface area contributed by atoms with E-state index in [1.165, 1.54) is 38.6 Å². The van der Waals surface area contributed by atoms with Crippen LogP contribution in [0.25, 0.3) is 38.6 Å². The molecule has 33 heavy (non-hydrogen) atoms. The lowest BCUT2D eigenvalue weighted by atomic mass is 10.0. The van der Waals surface area contributed by atoms with Crippen LogP contribution in [0.5, 0.6) is 0 Å². The van der Waals surface area contributed by atoms with Gasteiger partial charge in [0.1, 0.15) is 0 Å². The fraction of sp³-hybridized carbons (Fsp3) is 0.0323. The highest BCUT2D eigenvalue weighted by atomic mass is 15.1. The summed E-state index contributed by atoms with van der Waals surface area (Å²) in [5, 5.41) is 2.56. The molecule has 158 valence electrons. The van der Waals surface area contributed by atoms with Crippen LogP contribution in [-0.4, -0.2) is 11.6 Å². The number of aromatic nitrogens is 1. The van der Waals surface area contributed by atoms with Crippen molar-refractivity contribution in [2.45, 2.75) is 0 Å². The molecule has 1 aromatic heterocycles. The van der Waals surface area contributed by atoms with Gasteiger partial charge in [-0.25, -0.2) is 0 Å². The summed E-state index contributed by atoms with van der Waals surface area (Å²) in [4.78, 5) is 2.28. The van der Waals surface area contributed by atoms with Crippen LogP contribution < -0.4 is 4.90 Å². The third-order valence-corrected chi connectivity index (χ3v) is 6.41. The molecular formula is C31H24N2. The first-order valence-corrected chi connectivity index (χ1v) is 11.3. The van der Waals surface area contributed by atoms with E-state index in [-0.39, 0.29) is 0 Å². The Balaban J connectivity index is 1.50. The van der Waals surface area contributed by atoms with E-state index in [0.717, 1.165) is 11.4 Å². The predicted octanol–water partition coefficient (Wildman–Crippen LogP) is 8.22. The lowest BCUT2D eigenvalue weighted by molar-refractivity contribution is 1.15. The van der Waals surface area contributed by atoms with Gasteiger partial charge in [-0.15, -0.1) is 0 Å². The van der Waals surface area contributed by atoms with Gasteiger partial charge in [0.15, 0.2) is 0 Å². The molecule has 0 fully saturated rings. The van der Waals surface area contributed by atoms with E-state index < -0.39 is 0 Å². The number of rotatable bonds is 4. The summed E-state index contributed by atoms with van der Waals surface area (Å²) < 4.78 is 2.37. The Morgan fingerprint density at radius 2 is 1.15 bits per heavy atom. The van der Waals surface area contributed by atoms with Gasteiger partial charge in [0, 0.05) is 40.4 Å². The maximum Gasteiger partial charge on any atom is 0.0541 e. The minimum Gasteiger partial charge on any atom is -0.344 e. The first-order valence-electron chi connectivity index (χ1n) is 11.3. The first-order chi connectivity index (χ1) is 16.3. The molecule has 2 heteroatoms. The van der Waals surface area contributed by atoms with Gasteiger partial charge >= 0.3 is 0 Å². The number of hydrogen-bond acceptors (Lipinski definition) is 1. The maximum absolute atomic E-state index is 2.37. The molecule has 2 nitrogen and oxygen atoms in total. The van der Waals surface area contributed by atoms with E-state index in [2.05, 4.69) is 144 Å². The Labute approximate surface area is 194 Å². The molecule has 1 heterocycles. The SMILES string of the molecule is CN(c1cccc(-n2c3ccccc3c3ccccc32)c1)c1ccccc1-c1ccccc1. The van der Waals surface area contributed by atoms with Crippen molar-refractivity contribution in [3.63, 3.8) is 0 Å². The molecule has 0 radical (unpaired) electrons. The van der Waals surface area contributed by atoms with Crippen LogP contribution in [0.2, 0.25) is 0 Å².